The van der Waals surface area contributed by atoms with Gasteiger partial charge in [0.2, 0.25) is 0 Å². The highest BCUT2D eigenvalue weighted by atomic mass is 35.5. The minimum atomic E-state index is -0.388. The van der Waals surface area contributed by atoms with E-state index < -0.39 is 0 Å². The zero-order valence-corrected chi connectivity index (χ0v) is 12.2. The molecule has 0 fully saturated rings. The number of ketones is 1. The number of fused-ring (bicyclic) bond motifs is 1. The summed E-state index contributed by atoms with van der Waals surface area (Å²) in [6.07, 6.45) is 2.35. The number of Topliss-reactive ketones (excluding diaryl/α,β-unsaturated/α-hetero) is 1. The average Bonchev–Trinajstić information content (AvgIpc) is 2.85. The lowest BCUT2D eigenvalue weighted by Gasteiger charge is -2.05. The van der Waals surface area contributed by atoms with Crippen LogP contribution in [0.5, 0.6) is 0 Å². The van der Waals surface area contributed by atoms with Crippen molar-refractivity contribution in [3.05, 3.63) is 70.6 Å². The highest BCUT2D eigenvalue weighted by molar-refractivity contribution is 6.31. The summed E-state index contributed by atoms with van der Waals surface area (Å²) in [6, 6.07) is 10.6. The van der Waals surface area contributed by atoms with E-state index in [0.29, 0.717) is 21.5 Å². The summed E-state index contributed by atoms with van der Waals surface area (Å²) >= 11 is 5.95. The number of rotatable bonds is 4. The van der Waals surface area contributed by atoms with Crippen LogP contribution in [-0.4, -0.2) is 16.6 Å². The van der Waals surface area contributed by atoms with Crippen LogP contribution in [-0.2, 0) is 6.54 Å². The number of aromatic nitrogens is 1. The topological polar surface area (TPSA) is 39.1 Å². The summed E-state index contributed by atoms with van der Waals surface area (Å²) in [6.45, 7) is 0.0671. The first-order valence-electron chi connectivity index (χ1n) is 6.61. The third-order valence-corrected chi connectivity index (χ3v) is 3.72. The van der Waals surface area contributed by atoms with Gasteiger partial charge in [-0.25, -0.2) is 4.39 Å². The molecule has 3 rings (SSSR count). The molecule has 1 heterocycles. The molecule has 1 aromatic heterocycles. The molecule has 0 amide bonds. The van der Waals surface area contributed by atoms with Crippen LogP contribution in [0.2, 0.25) is 5.02 Å². The third-order valence-electron chi connectivity index (χ3n) is 3.48. The monoisotopic (exact) mass is 315 g/mol. The maximum Gasteiger partial charge on any atom is 0.182 e. The fourth-order valence-corrected chi connectivity index (χ4v) is 2.58. The molecular weight excluding hydrogens is 305 g/mol. The number of hydrogen-bond acceptors (Lipinski definition) is 2. The Hall–Kier alpha value is -2.46. The molecule has 3 nitrogen and oxygen atoms in total. The van der Waals surface area contributed by atoms with Crippen LogP contribution in [0.25, 0.3) is 10.9 Å². The first-order valence-corrected chi connectivity index (χ1v) is 6.98. The second-order valence-electron chi connectivity index (χ2n) is 4.92. The predicted octanol–water partition coefficient (Wildman–Crippen LogP) is 4.13. The van der Waals surface area contributed by atoms with E-state index in [1.165, 1.54) is 24.3 Å². The van der Waals surface area contributed by atoms with E-state index in [-0.39, 0.29) is 18.1 Å². The van der Waals surface area contributed by atoms with E-state index in [0.717, 1.165) is 11.8 Å². The molecule has 0 saturated heterocycles. The van der Waals surface area contributed by atoms with Gasteiger partial charge in [-0.1, -0.05) is 11.6 Å². The van der Waals surface area contributed by atoms with Gasteiger partial charge in [0, 0.05) is 33.2 Å². The molecule has 0 radical (unpaired) electrons. The first-order chi connectivity index (χ1) is 10.6. The second-order valence-corrected chi connectivity index (χ2v) is 5.36. The summed E-state index contributed by atoms with van der Waals surface area (Å²) in [4.78, 5) is 23.4. The molecular formula is C17H11ClFNO2. The van der Waals surface area contributed by atoms with Crippen molar-refractivity contribution < 1.29 is 14.0 Å². The van der Waals surface area contributed by atoms with Gasteiger partial charge in [-0.2, -0.15) is 0 Å². The molecule has 22 heavy (non-hydrogen) atoms. The van der Waals surface area contributed by atoms with Gasteiger partial charge in [-0.05, 0) is 42.5 Å². The Morgan fingerprint density at radius 1 is 1.18 bits per heavy atom. The average molecular weight is 316 g/mol. The number of aldehydes is 1. The van der Waals surface area contributed by atoms with Crippen LogP contribution in [0.4, 0.5) is 4.39 Å². The number of benzene rings is 2. The van der Waals surface area contributed by atoms with Crippen molar-refractivity contribution >= 4 is 34.6 Å². The van der Waals surface area contributed by atoms with Crippen LogP contribution in [0.15, 0.2) is 48.7 Å². The van der Waals surface area contributed by atoms with Crippen LogP contribution < -0.4 is 0 Å². The highest BCUT2D eigenvalue weighted by Gasteiger charge is 2.12. The Kier molecular flexibility index (Phi) is 3.77. The van der Waals surface area contributed by atoms with E-state index in [4.69, 9.17) is 11.6 Å². The van der Waals surface area contributed by atoms with E-state index in [1.54, 1.807) is 29.0 Å². The van der Waals surface area contributed by atoms with Gasteiger partial charge >= 0.3 is 0 Å². The molecule has 0 N–H and O–H groups in total. The third kappa shape index (κ3) is 2.65. The Bertz CT molecular complexity index is 868. The second kappa shape index (κ2) is 5.73. The standard InChI is InChI=1S/C17H11ClFNO2/c18-13-3-6-16-15(7-13)12(10-21)8-20(16)9-17(22)11-1-4-14(19)5-2-11/h1-8,10H,9H2. The fourth-order valence-electron chi connectivity index (χ4n) is 2.40. The quantitative estimate of drug-likeness (QED) is 0.536. The summed E-state index contributed by atoms with van der Waals surface area (Å²) in [5.74, 6) is -0.551. The summed E-state index contributed by atoms with van der Waals surface area (Å²) in [5.41, 5.74) is 1.65. The molecule has 0 bridgehead atoms. The van der Waals surface area contributed by atoms with Crippen LogP contribution >= 0.6 is 11.6 Å². The molecule has 110 valence electrons. The number of hydrogen-bond donors (Lipinski definition) is 0. The van der Waals surface area contributed by atoms with Crippen molar-refractivity contribution in [3.63, 3.8) is 0 Å². The minimum absolute atomic E-state index is 0.0671. The van der Waals surface area contributed by atoms with Crippen LogP contribution in [0.1, 0.15) is 20.7 Å². The van der Waals surface area contributed by atoms with Gasteiger partial charge in [0.25, 0.3) is 0 Å². The van der Waals surface area contributed by atoms with Crippen molar-refractivity contribution in [2.45, 2.75) is 6.54 Å². The van der Waals surface area contributed by atoms with E-state index in [9.17, 15) is 14.0 Å². The van der Waals surface area contributed by atoms with Crippen molar-refractivity contribution in [3.8, 4) is 0 Å². The van der Waals surface area contributed by atoms with E-state index >= 15 is 0 Å². The van der Waals surface area contributed by atoms with Gasteiger partial charge in [-0.15, -0.1) is 0 Å². The summed E-state index contributed by atoms with van der Waals surface area (Å²) < 4.78 is 14.6. The summed E-state index contributed by atoms with van der Waals surface area (Å²) in [7, 11) is 0. The Morgan fingerprint density at radius 2 is 1.91 bits per heavy atom. The minimum Gasteiger partial charge on any atom is -0.339 e. The lowest BCUT2D eigenvalue weighted by Crippen LogP contribution is -2.09. The molecule has 0 atom stereocenters. The Labute approximate surface area is 130 Å². The van der Waals surface area contributed by atoms with Gasteiger partial charge < -0.3 is 4.57 Å². The Balaban J connectivity index is 1.98. The van der Waals surface area contributed by atoms with Gasteiger partial charge in [-0.3, -0.25) is 9.59 Å². The number of carbonyl (C=O) groups excluding carboxylic acids is 2. The van der Waals surface area contributed by atoms with Crippen molar-refractivity contribution in [1.29, 1.82) is 0 Å². The molecule has 0 aliphatic heterocycles. The van der Waals surface area contributed by atoms with Crippen molar-refractivity contribution in [1.82, 2.24) is 4.57 Å². The Morgan fingerprint density at radius 3 is 2.59 bits per heavy atom. The molecule has 2 aromatic carbocycles. The molecule has 0 aliphatic rings. The highest BCUT2D eigenvalue weighted by Crippen LogP contribution is 2.24. The van der Waals surface area contributed by atoms with E-state index in [1.807, 2.05) is 0 Å². The zero-order chi connectivity index (χ0) is 15.7. The molecule has 0 unspecified atom stereocenters. The van der Waals surface area contributed by atoms with E-state index in [2.05, 4.69) is 0 Å². The van der Waals surface area contributed by atoms with Crippen LogP contribution in [0.3, 0.4) is 0 Å². The van der Waals surface area contributed by atoms with Crippen LogP contribution in [0, 0.1) is 5.82 Å². The largest absolute Gasteiger partial charge is 0.339 e. The lowest BCUT2D eigenvalue weighted by atomic mass is 10.1. The molecule has 0 spiro atoms. The molecule has 0 aliphatic carbocycles. The van der Waals surface area contributed by atoms with Gasteiger partial charge in [0.05, 0.1) is 6.54 Å². The lowest BCUT2D eigenvalue weighted by molar-refractivity contribution is 0.0972. The maximum atomic E-state index is 12.9. The maximum absolute atomic E-state index is 12.9. The smallest absolute Gasteiger partial charge is 0.182 e. The molecule has 3 aromatic rings. The van der Waals surface area contributed by atoms with Crippen molar-refractivity contribution in [2.75, 3.05) is 0 Å². The number of nitrogens with zero attached hydrogens (tertiary/aromatic N) is 1. The zero-order valence-electron chi connectivity index (χ0n) is 11.4. The fraction of sp³-hybridized carbons (Fsp3) is 0.0588. The predicted molar refractivity (Wildman–Crippen MR) is 83.1 cm³/mol. The summed E-state index contributed by atoms with van der Waals surface area (Å²) in [5, 5.41) is 1.23. The van der Waals surface area contributed by atoms with Gasteiger partial charge in [0.15, 0.2) is 12.1 Å². The first kappa shape index (κ1) is 14.5. The SMILES string of the molecule is O=Cc1cn(CC(=O)c2ccc(F)cc2)c2ccc(Cl)cc12. The van der Waals surface area contributed by atoms with Gasteiger partial charge in [0.1, 0.15) is 5.82 Å². The molecule has 0 saturated carbocycles. The number of carbonyl (C=O) groups is 2. The molecule has 5 heteroatoms. The number of halogens is 2. The van der Waals surface area contributed by atoms with Crippen molar-refractivity contribution in [2.24, 2.45) is 0 Å². The normalized spacial score (nSPS) is 10.8.